The van der Waals surface area contributed by atoms with Gasteiger partial charge in [0.2, 0.25) is 10.0 Å². The second-order valence-corrected chi connectivity index (χ2v) is 10.5. The molecule has 0 unspecified atom stereocenters. The second kappa shape index (κ2) is 12.0. The van der Waals surface area contributed by atoms with Gasteiger partial charge in [-0.15, -0.1) is 35.3 Å². The molecule has 0 aliphatic carbocycles. The predicted octanol–water partition coefficient (Wildman–Crippen LogP) is 4.10. The van der Waals surface area contributed by atoms with Crippen molar-refractivity contribution in [2.24, 2.45) is 4.99 Å². The molecule has 30 heavy (non-hydrogen) atoms. The topological polar surface area (TPSA) is 73.8 Å². The SMILES string of the molecule is CCNC(=NCc1ccc(S(=O)(=O)N2CCCCC2)cc1)NCc1ccc(C)s1.I. The molecule has 0 amide bonds. The van der Waals surface area contributed by atoms with Crippen molar-refractivity contribution in [2.45, 2.75) is 51.1 Å². The summed E-state index contributed by atoms with van der Waals surface area (Å²) in [4.78, 5) is 7.55. The van der Waals surface area contributed by atoms with Gasteiger partial charge in [-0.3, -0.25) is 0 Å². The van der Waals surface area contributed by atoms with Crippen molar-refractivity contribution in [3.05, 3.63) is 51.7 Å². The lowest BCUT2D eigenvalue weighted by Gasteiger charge is -2.25. The van der Waals surface area contributed by atoms with E-state index in [1.807, 2.05) is 19.1 Å². The van der Waals surface area contributed by atoms with Crippen LogP contribution < -0.4 is 10.6 Å². The van der Waals surface area contributed by atoms with Crippen molar-refractivity contribution in [3.63, 3.8) is 0 Å². The molecule has 1 aromatic heterocycles. The maximum atomic E-state index is 12.8. The number of hydrogen-bond acceptors (Lipinski definition) is 4. The standard InChI is InChI=1S/C21H30N4O2S2.HI/c1-3-22-21(24-16-19-10-7-17(2)28-19)23-15-18-8-11-20(12-9-18)29(26,27)25-13-5-4-6-14-25;/h7-12H,3-6,13-16H2,1-2H3,(H2,22,23,24);1H. The molecule has 2 aromatic rings. The van der Waals surface area contributed by atoms with Gasteiger partial charge in [0, 0.05) is 29.4 Å². The lowest BCUT2D eigenvalue weighted by Crippen LogP contribution is -2.36. The fourth-order valence-corrected chi connectivity index (χ4v) is 5.63. The molecule has 1 aliphatic rings. The quantitative estimate of drug-likeness (QED) is 0.303. The average Bonchev–Trinajstić information content (AvgIpc) is 3.16. The van der Waals surface area contributed by atoms with E-state index >= 15 is 0 Å². The summed E-state index contributed by atoms with van der Waals surface area (Å²) in [5.74, 6) is 0.753. The maximum absolute atomic E-state index is 12.8. The highest BCUT2D eigenvalue weighted by Gasteiger charge is 2.25. The molecule has 1 saturated heterocycles. The van der Waals surface area contributed by atoms with Gasteiger partial charge in [-0.2, -0.15) is 4.31 Å². The van der Waals surface area contributed by atoms with Crippen LogP contribution in [0.2, 0.25) is 0 Å². The van der Waals surface area contributed by atoms with E-state index in [-0.39, 0.29) is 24.0 Å². The molecule has 6 nitrogen and oxygen atoms in total. The first kappa shape index (κ1) is 25.1. The van der Waals surface area contributed by atoms with Crippen LogP contribution in [-0.2, 0) is 23.1 Å². The van der Waals surface area contributed by atoms with E-state index in [1.54, 1.807) is 27.8 Å². The van der Waals surface area contributed by atoms with Gasteiger partial charge in [-0.1, -0.05) is 18.6 Å². The van der Waals surface area contributed by atoms with E-state index in [2.05, 4.69) is 34.7 Å². The minimum atomic E-state index is -3.38. The van der Waals surface area contributed by atoms with Crippen molar-refractivity contribution in [1.82, 2.24) is 14.9 Å². The van der Waals surface area contributed by atoms with Gasteiger partial charge in [-0.05, 0) is 56.5 Å². The fraction of sp³-hybridized carbons (Fsp3) is 0.476. The number of aryl methyl sites for hydroxylation is 1. The number of nitrogens with one attached hydrogen (secondary N) is 2. The van der Waals surface area contributed by atoms with Crippen LogP contribution in [0.15, 0.2) is 46.3 Å². The number of halogens is 1. The Balaban J connectivity index is 0.00000320. The summed E-state index contributed by atoms with van der Waals surface area (Å²) >= 11 is 1.77. The number of piperidine rings is 1. The summed E-state index contributed by atoms with van der Waals surface area (Å²) < 4.78 is 27.1. The fourth-order valence-electron chi connectivity index (χ4n) is 3.28. The molecule has 0 bridgehead atoms. The van der Waals surface area contributed by atoms with Crippen molar-refractivity contribution in [1.29, 1.82) is 0 Å². The Labute approximate surface area is 201 Å². The Morgan fingerprint density at radius 1 is 1.07 bits per heavy atom. The molecule has 0 radical (unpaired) electrons. The van der Waals surface area contributed by atoms with E-state index in [0.29, 0.717) is 24.5 Å². The molecule has 9 heteroatoms. The highest BCUT2D eigenvalue weighted by Crippen LogP contribution is 2.21. The summed E-state index contributed by atoms with van der Waals surface area (Å²) in [6, 6.07) is 11.3. The molecular weight excluding hydrogens is 531 g/mol. The summed E-state index contributed by atoms with van der Waals surface area (Å²) in [5, 5.41) is 6.60. The monoisotopic (exact) mass is 562 g/mol. The number of aliphatic imine (C=N–C) groups is 1. The number of hydrogen-bond donors (Lipinski definition) is 2. The van der Waals surface area contributed by atoms with Crippen LogP contribution in [-0.4, -0.2) is 38.3 Å². The molecule has 2 N–H and O–H groups in total. The number of rotatable bonds is 7. The van der Waals surface area contributed by atoms with E-state index in [0.717, 1.165) is 43.9 Å². The van der Waals surface area contributed by atoms with Crippen LogP contribution >= 0.6 is 35.3 Å². The number of benzene rings is 1. The van der Waals surface area contributed by atoms with Crippen LogP contribution in [0.1, 0.15) is 41.5 Å². The van der Waals surface area contributed by atoms with E-state index in [4.69, 9.17) is 0 Å². The molecule has 2 heterocycles. The molecule has 3 rings (SSSR count). The third kappa shape index (κ3) is 6.93. The van der Waals surface area contributed by atoms with Gasteiger partial charge in [0.15, 0.2) is 5.96 Å². The van der Waals surface area contributed by atoms with Crippen LogP contribution in [0.5, 0.6) is 0 Å². The van der Waals surface area contributed by atoms with Crippen LogP contribution in [0, 0.1) is 6.92 Å². The van der Waals surface area contributed by atoms with Crippen LogP contribution in [0.4, 0.5) is 0 Å². The molecule has 166 valence electrons. The highest BCUT2D eigenvalue weighted by molar-refractivity contribution is 14.0. The zero-order chi connectivity index (χ0) is 20.7. The maximum Gasteiger partial charge on any atom is 0.243 e. The molecule has 1 aliphatic heterocycles. The first-order valence-corrected chi connectivity index (χ1v) is 12.4. The van der Waals surface area contributed by atoms with Gasteiger partial charge >= 0.3 is 0 Å². The molecule has 0 atom stereocenters. The molecule has 0 saturated carbocycles. The molecule has 0 spiro atoms. The first-order chi connectivity index (χ1) is 14.0. The zero-order valence-electron chi connectivity index (χ0n) is 17.6. The van der Waals surface area contributed by atoms with Crippen LogP contribution in [0.3, 0.4) is 0 Å². The van der Waals surface area contributed by atoms with Gasteiger partial charge in [0.25, 0.3) is 0 Å². The largest absolute Gasteiger partial charge is 0.357 e. The lowest BCUT2D eigenvalue weighted by molar-refractivity contribution is 0.346. The van der Waals surface area contributed by atoms with Crippen molar-refractivity contribution < 1.29 is 8.42 Å². The van der Waals surface area contributed by atoms with Crippen molar-refractivity contribution in [3.8, 4) is 0 Å². The van der Waals surface area contributed by atoms with Crippen molar-refractivity contribution >= 4 is 51.3 Å². The second-order valence-electron chi connectivity index (χ2n) is 7.17. The summed E-state index contributed by atoms with van der Waals surface area (Å²) in [6.07, 6.45) is 2.99. The normalized spacial score (nSPS) is 15.5. The summed E-state index contributed by atoms with van der Waals surface area (Å²) in [7, 11) is -3.38. The Kier molecular flexibility index (Phi) is 10.1. The van der Waals surface area contributed by atoms with E-state index < -0.39 is 10.0 Å². The minimum absolute atomic E-state index is 0. The Bertz CT molecular complexity index is 921. The number of guanidine groups is 1. The smallest absolute Gasteiger partial charge is 0.243 e. The molecular formula is C21H31IN4O2S2. The van der Waals surface area contributed by atoms with Gasteiger partial charge in [0.05, 0.1) is 18.0 Å². The number of nitrogens with zero attached hydrogens (tertiary/aromatic N) is 2. The van der Waals surface area contributed by atoms with E-state index in [1.165, 1.54) is 9.75 Å². The molecule has 1 aromatic carbocycles. The zero-order valence-corrected chi connectivity index (χ0v) is 21.5. The molecule has 1 fully saturated rings. The van der Waals surface area contributed by atoms with Gasteiger partial charge < -0.3 is 10.6 Å². The predicted molar refractivity (Wildman–Crippen MR) is 135 cm³/mol. The lowest BCUT2D eigenvalue weighted by atomic mass is 10.2. The van der Waals surface area contributed by atoms with E-state index in [9.17, 15) is 8.42 Å². The third-order valence-corrected chi connectivity index (χ3v) is 7.78. The highest BCUT2D eigenvalue weighted by atomic mass is 127. The first-order valence-electron chi connectivity index (χ1n) is 10.2. The minimum Gasteiger partial charge on any atom is -0.357 e. The third-order valence-electron chi connectivity index (χ3n) is 4.87. The summed E-state index contributed by atoms with van der Waals surface area (Å²) in [5.41, 5.74) is 0.978. The van der Waals surface area contributed by atoms with Crippen LogP contribution in [0.25, 0.3) is 0 Å². The average molecular weight is 563 g/mol. The number of thiophene rings is 1. The Morgan fingerprint density at radius 2 is 1.77 bits per heavy atom. The summed E-state index contributed by atoms with van der Waals surface area (Å²) in [6.45, 7) is 7.38. The van der Waals surface area contributed by atoms with Gasteiger partial charge in [0.1, 0.15) is 0 Å². The van der Waals surface area contributed by atoms with Crippen molar-refractivity contribution in [2.75, 3.05) is 19.6 Å². The van der Waals surface area contributed by atoms with Gasteiger partial charge in [-0.25, -0.2) is 13.4 Å². The Hall–Kier alpha value is -1.17. The Morgan fingerprint density at radius 3 is 2.37 bits per heavy atom. The number of sulfonamides is 1.